The van der Waals surface area contributed by atoms with Gasteiger partial charge in [0.05, 0.1) is 18.1 Å². The van der Waals surface area contributed by atoms with E-state index >= 15 is 0 Å². The maximum atomic E-state index is 12.5. The van der Waals surface area contributed by atoms with Gasteiger partial charge in [0.25, 0.3) is 0 Å². The van der Waals surface area contributed by atoms with Gasteiger partial charge < -0.3 is 9.47 Å². The minimum atomic E-state index is -3.78. The predicted molar refractivity (Wildman–Crippen MR) is 80.8 cm³/mol. The van der Waals surface area contributed by atoms with E-state index in [2.05, 4.69) is 4.72 Å². The Bertz CT molecular complexity index is 605. The first kappa shape index (κ1) is 16.9. The van der Waals surface area contributed by atoms with Gasteiger partial charge in [-0.15, -0.1) is 0 Å². The second-order valence-electron chi connectivity index (χ2n) is 5.29. The molecule has 0 aliphatic carbocycles. The van der Waals surface area contributed by atoms with E-state index in [9.17, 15) is 13.2 Å². The summed E-state index contributed by atoms with van der Waals surface area (Å²) >= 11 is 0. The Morgan fingerprint density at radius 3 is 2.64 bits per heavy atom. The van der Waals surface area contributed by atoms with Crippen molar-refractivity contribution in [3.8, 4) is 0 Å². The van der Waals surface area contributed by atoms with Crippen LogP contribution in [-0.4, -0.2) is 40.2 Å². The van der Waals surface area contributed by atoms with E-state index in [1.165, 1.54) is 12.1 Å². The van der Waals surface area contributed by atoms with E-state index in [4.69, 9.17) is 9.47 Å². The van der Waals surface area contributed by atoms with Crippen LogP contribution in [0.1, 0.15) is 18.9 Å². The van der Waals surface area contributed by atoms with Gasteiger partial charge in [0.15, 0.2) is 0 Å². The number of ether oxygens (including phenoxy) is 2. The third-order valence-electron chi connectivity index (χ3n) is 3.59. The number of aryl methyl sites for hydroxylation is 1. The topological polar surface area (TPSA) is 81.7 Å². The first-order valence-electron chi connectivity index (χ1n) is 7.27. The zero-order chi connectivity index (χ0) is 16.2. The molecular formula is C15H21NO5S. The van der Waals surface area contributed by atoms with Crippen LogP contribution in [0.25, 0.3) is 0 Å². The Hall–Kier alpha value is -1.44. The number of esters is 1. The van der Waals surface area contributed by atoms with Crippen molar-refractivity contribution in [1.82, 2.24) is 4.72 Å². The molecular weight excluding hydrogens is 306 g/mol. The SMILES string of the molecule is CCOC(=O)[C@H](NS(=O)(=O)c1ccc(C)cc1)C1CCOC1. The van der Waals surface area contributed by atoms with Crippen LogP contribution in [0.4, 0.5) is 0 Å². The Balaban J connectivity index is 2.21. The molecule has 6 nitrogen and oxygen atoms in total. The fourth-order valence-corrected chi connectivity index (χ4v) is 3.59. The summed E-state index contributed by atoms with van der Waals surface area (Å²) in [6.07, 6.45) is 0.625. The lowest BCUT2D eigenvalue weighted by Crippen LogP contribution is -2.47. The van der Waals surface area contributed by atoms with Gasteiger partial charge in [0.1, 0.15) is 6.04 Å². The summed E-state index contributed by atoms with van der Waals surface area (Å²) in [4.78, 5) is 12.2. The highest BCUT2D eigenvalue weighted by Crippen LogP contribution is 2.20. The van der Waals surface area contributed by atoms with Gasteiger partial charge in [-0.3, -0.25) is 4.79 Å². The molecule has 2 rings (SSSR count). The van der Waals surface area contributed by atoms with Gasteiger partial charge in [0.2, 0.25) is 10.0 Å². The van der Waals surface area contributed by atoms with Crippen LogP contribution in [0.5, 0.6) is 0 Å². The van der Waals surface area contributed by atoms with Crippen molar-refractivity contribution >= 4 is 16.0 Å². The van der Waals surface area contributed by atoms with E-state index in [1.54, 1.807) is 19.1 Å². The van der Waals surface area contributed by atoms with Crippen LogP contribution >= 0.6 is 0 Å². The molecule has 1 fully saturated rings. The van der Waals surface area contributed by atoms with Crippen molar-refractivity contribution < 1.29 is 22.7 Å². The van der Waals surface area contributed by atoms with Crippen LogP contribution < -0.4 is 4.72 Å². The van der Waals surface area contributed by atoms with Crippen molar-refractivity contribution in [2.75, 3.05) is 19.8 Å². The van der Waals surface area contributed by atoms with Crippen LogP contribution in [-0.2, 0) is 24.3 Å². The largest absolute Gasteiger partial charge is 0.465 e. The molecule has 1 N–H and O–H groups in total. The van der Waals surface area contributed by atoms with E-state index < -0.39 is 22.0 Å². The fraction of sp³-hybridized carbons (Fsp3) is 0.533. The summed E-state index contributed by atoms with van der Waals surface area (Å²) in [6.45, 7) is 4.64. The summed E-state index contributed by atoms with van der Waals surface area (Å²) in [5.74, 6) is -0.770. The van der Waals surface area contributed by atoms with Crippen molar-refractivity contribution in [1.29, 1.82) is 0 Å². The molecule has 1 aromatic carbocycles. The molecule has 0 bridgehead atoms. The number of nitrogens with one attached hydrogen (secondary N) is 1. The lowest BCUT2D eigenvalue weighted by Gasteiger charge is -2.21. The molecule has 22 heavy (non-hydrogen) atoms. The Morgan fingerprint density at radius 1 is 1.41 bits per heavy atom. The molecule has 1 heterocycles. The number of hydrogen-bond donors (Lipinski definition) is 1. The number of hydrogen-bond acceptors (Lipinski definition) is 5. The van der Waals surface area contributed by atoms with Gasteiger partial charge in [-0.2, -0.15) is 4.72 Å². The normalized spacial score (nSPS) is 19.8. The van der Waals surface area contributed by atoms with E-state index in [-0.39, 0.29) is 17.4 Å². The number of carbonyl (C=O) groups is 1. The minimum Gasteiger partial charge on any atom is -0.465 e. The summed E-state index contributed by atoms with van der Waals surface area (Å²) < 4.78 is 37.6. The third-order valence-corrected chi connectivity index (χ3v) is 5.05. The molecule has 1 unspecified atom stereocenters. The molecule has 0 radical (unpaired) electrons. The molecule has 0 amide bonds. The molecule has 0 saturated carbocycles. The van der Waals surface area contributed by atoms with E-state index in [1.807, 2.05) is 6.92 Å². The second kappa shape index (κ2) is 7.21. The third kappa shape index (κ3) is 4.06. The number of rotatable bonds is 6. The van der Waals surface area contributed by atoms with Gasteiger partial charge >= 0.3 is 5.97 Å². The number of benzene rings is 1. The highest BCUT2D eigenvalue weighted by molar-refractivity contribution is 7.89. The van der Waals surface area contributed by atoms with Crippen molar-refractivity contribution in [2.45, 2.75) is 31.2 Å². The smallest absolute Gasteiger partial charge is 0.324 e. The first-order chi connectivity index (χ1) is 10.4. The summed E-state index contributed by atoms with van der Waals surface area (Å²) in [7, 11) is -3.78. The lowest BCUT2D eigenvalue weighted by molar-refractivity contribution is -0.146. The molecule has 0 aromatic heterocycles. The van der Waals surface area contributed by atoms with Crippen molar-refractivity contribution in [3.05, 3.63) is 29.8 Å². The molecule has 7 heteroatoms. The minimum absolute atomic E-state index is 0.131. The lowest BCUT2D eigenvalue weighted by atomic mass is 10.0. The summed E-state index contributed by atoms with van der Waals surface area (Å²) in [5.41, 5.74) is 0.963. The van der Waals surface area contributed by atoms with E-state index in [0.29, 0.717) is 19.6 Å². The van der Waals surface area contributed by atoms with Gasteiger partial charge in [0, 0.05) is 12.5 Å². The van der Waals surface area contributed by atoms with Gasteiger partial charge in [-0.25, -0.2) is 8.42 Å². The predicted octanol–water partition coefficient (Wildman–Crippen LogP) is 1.24. The Labute approximate surface area is 130 Å². The monoisotopic (exact) mass is 327 g/mol. The summed E-state index contributed by atoms with van der Waals surface area (Å²) in [6, 6.07) is 5.55. The summed E-state index contributed by atoms with van der Waals surface area (Å²) in [5, 5.41) is 0. The van der Waals surface area contributed by atoms with Gasteiger partial charge in [-0.1, -0.05) is 17.7 Å². The quantitative estimate of drug-likeness (QED) is 0.795. The zero-order valence-electron chi connectivity index (χ0n) is 12.7. The molecule has 122 valence electrons. The first-order valence-corrected chi connectivity index (χ1v) is 8.75. The molecule has 1 aliphatic heterocycles. The standard InChI is InChI=1S/C15H21NO5S/c1-3-21-15(17)14(12-8-9-20-10-12)16-22(18,19)13-6-4-11(2)5-7-13/h4-7,12,14,16H,3,8-10H2,1-2H3/t12?,14-/m1/s1. The molecule has 2 atom stereocenters. The van der Waals surface area contributed by atoms with Crippen molar-refractivity contribution in [3.63, 3.8) is 0 Å². The van der Waals surface area contributed by atoms with Crippen LogP contribution in [0, 0.1) is 12.8 Å². The highest BCUT2D eigenvalue weighted by atomic mass is 32.2. The maximum Gasteiger partial charge on any atom is 0.324 e. The molecule has 1 aromatic rings. The second-order valence-corrected chi connectivity index (χ2v) is 7.00. The van der Waals surface area contributed by atoms with Crippen LogP contribution in [0.2, 0.25) is 0 Å². The number of sulfonamides is 1. The maximum absolute atomic E-state index is 12.5. The molecule has 0 spiro atoms. The fourth-order valence-electron chi connectivity index (χ4n) is 2.34. The van der Waals surface area contributed by atoms with E-state index in [0.717, 1.165) is 5.56 Å². The molecule has 1 saturated heterocycles. The zero-order valence-corrected chi connectivity index (χ0v) is 13.6. The van der Waals surface area contributed by atoms with Gasteiger partial charge in [-0.05, 0) is 32.4 Å². The average Bonchev–Trinajstić information content (AvgIpc) is 2.99. The van der Waals surface area contributed by atoms with Crippen LogP contribution in [0.15, 0.2) is 29.2 Å². The highest BCUT2D eigenvalue weighted by Gasteiger charge is 2.36. The number of carbonyl (C=O) groups excluding carboxylic acids is 1. The molecule has 1 aliphatic rings. The Morgan fingerprint density at radius 2 is 2.09 bits per heavy atom. The Kier molecular flexibility index (Phi) is 5.55. The average molecular weight is 327 g/mol. The van der Waals surface area contributed by atoms with Crippen LogP contribution in [0.3, 0.4) is 0 Å². The van der Waals surface area contributed by atoms with Crippen molar-refractivity contribution in [2.24, 2.45) is 5.92 Å².